The second-order valence-corrected chi connectivity index (χ2v) is 6.05. The van der Waals surface area contributed by atoms with Gasteiger partial charge in [0.1, 0.15) is 17.0 Å². The molecule has 0 saturated heterocycles. The Morgan fingerprint density at radius 2 is 1.40 bits per heavy atom. The number of Topliss-reactive ketones (excluding diaryl/α,β-unsaturated/α-hetero) is 2. The number of rotatable bonds is 3. The molecular weight excluding hydrogens is 350 g/mol. The van der Waals surface area contributed by atoms with Crippen molar-refractivity contribution in [3.8, 4) is 0 Å². The van der Waals surface area contributed by atoms with E-state index in [4.69, 9.17) is 0 Å². The summed E-state index contributed by atoms with van der Waals surface area (Å²) in [7, 11) is 0. The minimum Gasteiger partial charge on any atom is -0.299 e. The van der Waals surface area contributed by atoms with Crippen LogP contribution in [0.1, 0.15) is 37.3 Å². The highest BCUT2D eigenvalue weighted by Crippen LogP contribution is 2.53. The molecule has 1 aromatic rings. The zero-order chi connectivity index (χ0) is 19.2. The molecule has 0 N–H and O–H groups in total. The topological polar surface area (TPSA) is 34.1 Å². The summed E-state index contributed by atoms with van der Waals surface area (Å²) in [6, 6.07) is 3.45. The number of hydrogen-bond donors (Lipinski definition) is 0. The predicted octanol–water partition coefficient (Wildman–Crippen LogP) is 4.85. The highest BCUT2D eigenvalue weighted by molar-refractivity contribution is 6.07. The van der Waals surface area contributed by atoms with Crippen LogP contribution >= 0.6 is 0 Å². The Kier molecular flexibility index (Phi) is 4.61. The Balaban J connectivity index is 2.58. The van der Waals surface area contributed by atoms with Crippen LogP contribution in [0, 0.1) is 5.41 Å². The highest BCUT2D eigenvalue weighted by Gasteiger charge is 2.55. The molecule has 8 heteroatoms. The first-order valence-corrected chi connectivity index (χ1v) is 7.27. The number of carbonyl (C=O) groups is 2. The van der Waals surface area contributed by atoms with Crippen molar-refractivity contribution >= 4 is 11.6 Å². The van der Waals surface area contributed by atoms with Crippen LogP contribution in [-0.2, 0) is 15.8 Å². The van der Waals surface area contributed by atoms with Gasteiger partial charge in [-0.15, -0.1) is 0 Å². The van der Waals surface area contributed by atoms with Crippen LogP contribution in [0.25, 0.3) is 0 Å². The SMILES string of the molecule is CC(=O)C1(C(C)=O)CC(C(F)(F)F)=CC1c1ccc(C(F)(F)F)cc1. The van der Waals surface area contributed by atoms with Crippen molar-refractivity contribution in [1.29, 1.82) is 0 Å². The van der Waals surface area contributed by atoms with E-state index in [1.165, 1.54) is 0 Å². The van der Waals surface area contributed by atoms with Crippen molar-refractivity contribution in [2.24, 2.45) is 5.41 Å². The monoisotopic (exact) mass is 364 g/mol. The molecule has 0 bridgehead atoms. The molecule has 1 aromatic carbocycles. The van der Waals surface area contributed by atoms with Crippen molar-refractivity contribution < 1.29 is 35.9 Å². The lowest BCUT2D eigenvalue weighted by molar-refractivity contribution is -0.140. The standard InChI is InChI=1S/C17H14F6O2/c1-9(24)15(10(2)25)8-13(17(21,22)23)7-14(15)11-3-5-12(6-4-11)16(18,19)20/h3-7,14H,8H2,1-2H3. The number of benzene rings is 1. The third-order valence-corrected chi connectivity index (χ3v) is 4.59. The van der Waals surface area contributed by atoms with Gasteiger partial charge in [-0.25, -0.2) is 0 Å². The smallest absolute Gasteiger partial charge is 0.299 e. The Hall–Kier alpha value is -2.12. The van der Waals surface area contributed by atoms with Gasteiger partial charge in [0.15, 0.2) is 0 Å². The molecule has 1 aliphatic rings. The van der Waals surface area contributed by atoms with E-state index < -0.39 is 52.8 Å². The summed E-state index contributed by atoms with van der Waals surface area (Å²) in [5.74, 6) is -2.76. The number of allylic oxidation sites excluding steroid dienone is 2. The van der Waals surface area contributed by atoms with E-state index in [0.29, 0.717) is 0 Å². The molecule has 0 fully saturated rings. The maximum Gasteiger partial charge on any atom is 0.416 e. The minimum atomic E-state index is -4.73. The Morgan fingerprint density at radius 3 is 1.76 bits per heavy atom. The molecule has 0 saturated carbocycles. The van der Waals surface area contributed by atoms with E-state index >= 15 is 0 Å². The largest absolute Gasteiger partial charge is 0.416 e. The summed E-state index contributed by atoms with van der Waals surface area (Å²) in [5.41, 5.74) is -3.89. The van der Waals surface area contributed by atoms with E-state index in [-0.39, 0.29) is 5.56 Å². The lowest BCUT2D eigenvalue weighted by Gasteiger charge is -2.31. The fraction of sp³-hybridized carbons (Fsp3) is 0.412. The van der Waals surface area contributed by atoms with Gasteiger partial charge < -0.3 is 0 Å². The molecule has 0 aliphatic heterocycles. The van der Waals surface area contributed by atoms with E-state index in [9.17, 15) is 35.9 Å². The molecular formula is C17H14F6O2. The van der Waals surface area contributed by atoms with Gasteiger partial charge in [-0.1, -0.05) is 18.2 Å². The summed E-state index contributed by atoms with van der Waals surface area (Å²) in [6.45, 7) is 2.04. The van der Waals surface area contributed by atoms with Gasteiger partial charge in [0.25, 0.3) is 0 Å². The highest BCUT2D eigenvalue weighted by atomic mass is 19.4. The number of alkyl halides is 6. The van der Waals surface area contributed by atoms with Gasteiger partial charge in [0.05, 0.1) is 5.56 Å². The van der Waals surface area contributed by atoms with Crippen LogP contribution in [0.15, 0.2) is 35.9 Å². The third-order valence-electron chi connectivity index (χ3n) is 4.59. The Bertz CT molecular complexity index is 711. The summed E-state index contributed by atoms with van der Waals surface area (Å²) in [4.78, 5) is 24.2. The lowest BCUT2D eigenvalue weighted by Crippen LogP contribution is -2.40. The van der Waals surface area contributed by atoms with Crippen LogP contribution < -0.4 is 0 Å². The van der Waals surface area contributed by atoms with Crippen LogP contribution in [0.2, 0.25) is 0 Å². The zero-order valence-electron chi connectivity index (χ0n) is 13.3. The second kappa shape index (κ2) is 6.00. The molecule has 25 heavy (non-hydrogen) atoms. The van der Waals surface area contributed by atoms with Gasteiger partial charge >= 0.3 is 12.4 Å². The third kappa shape index (κ3) is 3.34. The molecule has 1 atom stereocenters. The summed E-state index contributed by atoms with van der Waals surface area (Å²) >= 11 is 0. The van der Waals surface area contributed by atoms with Gasteiger partial charge in [0.2, 0.25) is 0 Å². The number of ketones is 2. The van der Waals surface area contributed by atoms with Crippen molar-refractivity contribution in [3.05, 3.63) is 47.0 Å². The molecule has 0 amide bonds. The molecule has 0 heterocycles. The molecule has 0 radical (unpaired) electrons. The summed E-state index contributed by atoms with van der Waals surface area (Å²) in [5, 5.41) is 0. The van der Waals surface area contributed by atoms with Crippen molar-refractivity contribution in [3.63, 3.8) is 0 Å². The van der Waals surface area contributed by atoms with Gasteiger partial charge in [-0.05, 0) is 38.0 Å². The molecule has 1 aliphatic carbocycles. The first-order valence-electron chi connectivity index (χ1n) is 7.27. The van der Waals surface area contributed by atoms with Crippen LogP contribution in [0.4, 0.5) is 26.3 Å². The fourth-order valence-corrected chi connectivity index (χ4v) is 3.20. The van der Waals surface area contributed by atoms with E-state index in [0.717, 1.165) is 44.2 Å². The first-order chi connectivity index (χ1) is 11.3. The average molecular weight is 364 g/mol. The summed E-state index contributed by atoms with van der Waals surface area (Å²) < 4.78 is 77.3. The van der Waals surface area contributed by atoms with Gasteiger partial charge in [-0.2, -0.15) is 26.3 Å². The van der Waals surface area contributed by atoms with Gasteiger partial charge in [0, 0.05) is 11.5 Å². The normalized spacial score (nSPS) is 20.3. The fourth-order valence-electron chi connectivity index (χ4n) is 3.20. The molecule has 0 spiro atoms. The molecule has 2 nitrogen and oxygen atoms in total. The van der Waals surface area contributed by atoms with Crippen LogP contribution in [0.5, 0.6) is 0 Å². The maximum absolute atomic E-state index is 13.1. The van der Waals surface area contributed by atoms with E-state index in [2.05, 4.69) is 0 Å². The second-order valence-electron chi connectivity index (χ2n) is 6.05. The molecule has 0 aromatic heterocycles. The van der Waals surface area contributed by atoms with Crippen molar-refractivity contribution in [1.82, 2.24) is 0 Å². The molecule has 136 valence electrons. The lowest BCUT2D eigenvalue weighted by atomic mass is 9.68. The van der Waals surface area contributed by atoms with E-state index in [1.807, 2.05) is 0 Å². The van der Waals surface area contributed by atoms with Crippen molar-refractivity contribution in [2.45, 2.75) is 38.5 Å². The summed E-state index contributed by atoms with van der Waals surface area (Å²) in [6.07, 6.45) is -9.37. The number of halogens is 6. The van der Waals surface area contributed by atoms with Crippen molar-refractivity contribution in [2.75, 3.05) is 0 Å². The quantitative estimate of drug-likeness (QED) is 0.437. The Morgan fingerprint density at radius 1 is 0.920 bits per heavy atom. The van der Waals surface area contributed by atoms with Crippen LogP contribution in [-0.4, -0.2) is 17.7 Å². The average Bonchev–Trinajstić information content (AvgIpc) is 2.88. The first kappa shape index (κ1) is 19.2. The predicted molar refractivity (Wildman–Crippen MR) is 76.7 cm³/mol. The van der Waals surface area contributed by atoms with Gasteiger partial charge in [-0.3, -0.25) is 9.59 Å². The van der Waals surface area contributed by atoms with Crippen LogP contribution in [0.3, 0.4) is 0 Å². The number of carbonyl (C=O) groups excluding carboxylic acids is 2. The maximum atomic E-state index is 13.1. The zero-order valence-corrected chi connectivity index (χ0v) is 13.3. The molecule has 2 rings (SSSR count). The van der Waals surface area contributed by atoms with E-state index in [1.54, 1.807) is 0 Å². The molecule has 1 unspecified atom stereocenters. The Labute approximate surface area is 139 Å². The number of hydrogen-bond acceptors (Lipinski definition) is 2. The minimum absolute atomic E-state index is 0.0534.